The van der Waals surface area contributed by atoms with E-state index in [9.17, 15) is 24.4 Å². The maximum absolute atomic E-state index is 12.5. The molecule has 1 heterocycles. The second kappa shape index (κ2) is 10.4. The van der Waals surface area contributed by atoms with E-state index in [-0.39, 0.29) is 5.57 Å². The molecular formula is C18H24N2O9. The fraction of sp³-hybridized carbons (Fsp3) is 0.611. The van der Waals surface area contributed by atoms with Gasteiger partial charge in [0.25, 0.3) is 0 Å². The van der Waals surface area contributed by atoms with Crippen LogP contribution < -0.4 is 0 Å². The molecule has 1 aliphatic rings. The van der Waals surface area contributed by atoms with E-state index < -0.39 is 53.8 Å². The van der Waals surface area contributed by atoms with Gasteiger partial charge in [0.15, 0.2) is 11.8 Å². The van der Waals surface area contributed by atoms with Crippen molar-refractivity contribution in [2.45, 2.75) is 6.23 Å². The summed E-state index contributed by atoms with van der Waals surface area (Å²) in [4.78, 5) is 51.3. The molecule has 0 N–H and O–H groups in total. The van der Waals surface area contributed by atoms with Crippen LogP contribution in [0.2, 0.25) is 0 Å². The molecule has 0 saturated carbocycles. The summed E-state index contributed by atoms with van der Waals surface area (Å²) < 4.78 is 24.3. The summed E-state index contributed by atoms with van der Waals surface area (Å²) in [7, 11) is 7.12. The molecule has 160 valence electrons. The molecule has 1 rings (SSSR count). The molecule has 0 aromatic carbocycles. The molecule has 3 atom stereocenters. The van der Waals surface area contributed by atoms with Crippen molar-refractivity contribution in [3.05, 3.63) is 11.8 Å². The summed E-state index contributed by atoms with van der Waals surface area (Å²) in [5.74, 6) is -9.69. The highest BCUT2D eigenvalue weighted by Gasteiger charge is 2.55. The monoisotopic (exact) mass is 412 g/mol. The normalized spacial score (nSPS) is 21.1. The van der Waals surface area contributed by atoms with Gasteiger partial charge >= 0.3 is 23.9 Å². The molecule has 0 spiro atoms. The number of hydrogen-bond acceptors (Lipinski definition) is 11. The minimum atomic E-state index is -1.64. The lowest BCUT2D eigenvalue weighted by molar-refractivity contribution is -0.179. The zero-order valence-electron chi connectivity index (χ0n) is 17.0. The predicted octanol–water partition coefficient (Wildman–Crippen LogP) is -0.531. The zero-order valence-corrected chi connectivity index (χ0v) is 17.0. The first-order valence-corrected chi connectivity index (χ1v) is 8.41. The van der Waals surface area contributed by atoms with Crippen molar-refractivity contribution < 1.29 is 42.9 Å². The fourth-order valence-electron chi connectivity index (χ4n) is 3.54. The highest BCUT2D eigenvalue weighted by molar-refractivity contribution is 5.98. The van der Waals surface area contributed by atoms with Gasteiger partial charge in [-0.3, -0.25) is 19.2 Å². The Balaban J connectivity index is 3.82. The molecule has 1 aliphatic heterocycles. The lowest BCUT2D eigenvalue weighted by atomic mass is 9.68. The Kier molecular flexibility index (Phi) is 8.59. The minimum Gasteiger partial charge on any atom is -0.468 e. The Morgan fingerprint density at radius 1 is 0.897 bits per heavy atom. The minimum absolute atomic E-state index is 0.0515. The van der Waals surface area contributed by atoms with E-state index in [0.29, 0.717) is 0 Å². The van der Waals surface area contributed by atoms with Crippen LogP contribution in [0.3, 0.4) is 0 Å². The van der Waals surface area contributed by atoms with Crippen LogP contribution in [0, 0.1) is 35.0 Å². The Bertz CT molecular complexity index is 695. The van der Waals surface area contributed by atoms with Crippen molar-refractivity contribution >= 4 is 23.9 Å². The third-order valence-electron chi connectivity index (χ3n) is 4.78. The van der Waals surface area contributed by atoms with Crippen molar-refractivity contribution in [2.75, 3.05) is 42.6 Å². The number of nitriles is 1. The third kappa shape index (κ3) is 4.65. The Hall–Kier alpha value is -3.13. The number of hydrogen-bond donors (Lipinski definition) is 0. The van der Waals surface area contributed by atoms with E-state index in [1.54, 1.807) is 7.05 Å². The Morgan fingerprint density at radius 2 is 1.31 bits per heavy atom. The second-order valence-corrected chi connectivity index (χ2v) is 6.14. The van der Waals surface area contributed by atoms with Gasteiger partial charge in [0.2, 0.25) is 0 Å². The number of methoxy groups -OCH3 is 5. The molecule has 29 heavy (non-hydrogen) atoms. The van der Waals surface area contributed by atoms with Crippen LogP contribution in [0.15, 0.2) is 11.8 Å². The van der Waals surface area contributed by atoms with E-state index in [1.165, 1.54) is 18.2 Å². The molecule has 0 aliphatic carbocycles. The molecule has 0 amide bonds. The van der Waals surface area contributed by atoms with Crippen LogP contribution in [0.25, 0.3) is 0 Å². The Morgan fingerprint density at radius 3 is 1.66 bits per heavy atom. The van der Waals surface area contributed by atoms with Crippen LogP contribution in [0.1, 0.15) is 0 Å². The van der Waals surface area contributed by atoms with Crippen LogP contribution in [0.5, 0.6) is 0 Å². The standard InChI is InChI=1S/C18H24N2O9/c1-20-8-9(7-19)10(12(15(21)26-3)16(22)27-4)11(14(20)25-2)13(17(23)28-5)18(24)29-6/h8,10-14H,1-6H3/t10-,11-,14-/m0/s1. The summed E-state index contributed by atoms with van der Waals surface area (Å²) in [6, 6.07) is 1.91. The van der Waals surface area contributed by atoms with Gasteiger partial charge in [0, 0.05) is 32.2 Å². The molecule has 0 aromatic rings. The highest BCUT2D eigenvalue weighted by atomic mass is 16.6. The summed E-state index contributed by atoms with van der Waals surface area (Å²) >= 11 is 0. The van der Waals surface area contributed by atoms with Crippen molar-refractivity contribution in [3.63, 3.8) is 0 Å². The van der Waals surface area contributed by atoms with Gasteiger partial charge in [-0.2, -0.15) is 5.26 Å². The van der Waals surface area contributed by atoms with Gasteiger partial charge in [-0.1, -0.05) is 0 Å². The van der Waals surface area contributed by atoms with Crippen molar-refractivity contribution in [3.8, 4) is 6.07 Å². The topological polar surface area (TPSA) is 141 Å². The van der Waals surface area contributed by atoms with Gasteiger partial charge in [0.05, 0.1) is 40.1 Å². The molecule has 11 heteroatoms. The number of ether oxygens (including phenoxy) is 5. The zero-order chi connectivity index (χ0) is 22.3. The Labute approximate surface area is 168 Å². The number of esters is 4. The van der Waals surface area contributed by atoms with Gasteiger partial charge < -0.3 is 28.6 Å². The van der Waals surface area contributed by atoms with E-state index in [0.717, 1.165) is 28.4 Å². The maximum atomic E-state index is 12.5. The van der Waals surface area contributed by atoms with Crippen LogP contribution >= 0.6 is 0 Å². The van der Waals surface area contributed by atoms with E-state index in [2.05, 4.69) is 0 Å². The molecule has 11 nitrogen and oxygen atoms in total. The van der Waals surface area contributed by atoms with E-state index in [1.807, 2.05) is 6.07 Å². The lowest BCUT2D eigenvalue weighted by Gasteiger charge is -2.44. The maximum Gasteiger partial charge on any atom is 0.320 e. The summed E-state index contributed by atoms with van der Waals surface area (Å²) in [5.41, 5.74) is -0.0515. The predicted molar refractivity (Wildman–Crippen MR) is 94.3 cm³/mol. The van der Waals surface area contributed by atoms with Gasteiger partial charge in [0.1, 0.15) is 6.23 Å². The smallest absolute Gasteiger partial charge is 0.320 e. The van der Waals surface area contributed by atoms with Gasteiger partial charge in [-0.25, -0.2) is 0 Å². The molecule has 0 radical (unpaired) electrons. The average molecular weight is 412 g/mol. The van der Waals surface area contributed by atoms with E-state index >= 15 is 0 Å². The first-order valence-electron chi connectivity index (χ1n) is 8.41. The van der Waals surface area contributed by atoms with Crippen molar-refractivity contribution in [1.82, 2.24) is 4.90 Å². The van der Waals surface area contributed by atoms with Crippen LogP contribution in [-0.4, -0.2) is 77.6 Å². The largest absolute Gasteiger partial charge is 0.468 e. The van der Waals surface area contributed by atoms with E-state index in [4.69, 9.17) is 23.7 Å². The SMILES string of the molecule is COC(=O)C(C(=O)OC)[C@@H]1[C@@H](C(C(=O)OC)C(=O)OC)C(C#N)=CN(C)[C@H]1OC. The number of rotatable bonds is 7. The quantitative estimate of drug-likeness (QED) is 0.302. The molecule has 0 fully saturated rings. The first kappa shape index (κ1) is 23.9. The average Bonchev–Trinajstić information content (AvgIpc) is 2.73. The third-order valence-corrected chi connectivity index (χ3v) is 4.78. The summed E-state index contributed by atoms with van der Waals surface area (Å²) in [6.45, 7) is 0. The number of allylic oxidation sites excluding steroid dienone is 1. The second-order valence-electron chi connectivity index (χ2n) is 6.14. The molecule has 0 saturated heterocycles. The van der Waals surface area contributed by atoms with Crippen molar-refractivity contribution in [2.24, 2.45) is 23.7 Å². The van der Waals surface area contributed by atoms with Crippen molar-refractivity contribution in [1.29, 1.82) is 5.26 Å². The lowest BCUT2D eigenvalue weighted by Crippen LogP contribution is -2.55. The van der Waals surface area contributed by atoms with Gasteiger partial charge in [-0.05, 0) is 0 Å². The molecule has 0 unspecified atom stereocenters. The molecular weight excluding hydrogens is 388 g/mol. The molecule has 0 aromatic heterocycles. The van der Waals surface area contributed by atoms with Crippen LogP contribution in [0.4, 0.5) is 0 Å². The first-order chi connectivity index (χ1) is 13.7. The highest BCUT2D eigenvalue weighted by Crippen LogP contribution is 2.43. The van der Waals surface area contributed by atoms with Gasteiger partial charge in [-0.15, -0.1) is 0 Å². The number of carbonyl (C=O) groups is 4. The number of carbonyl (C=O) groups excluding carboxylic acids is 4. The number of nitrogens with zero attached hydrogens (tertiary/aromatic N) is 2. The molecule has 0 bridgehead atoms. The van der Waals surface area contributed by atoms with Crippen LogP contribution in [-0.2, 0) is 42.9 Å². The summed E-state index contributed by atoms with van der Waals surface area (Å²) in [5, 5.41) is 9.66. The fourth-order valence-corrected chi connectivity index (χ4v) is 3.54. The summed E-state index contributed by atoms with van der Waals surface area (Å²) in [6.07, 6.45) is 0.372.